The molecule has 1 rings (SSSR count). The molecule has 3 amide bonds. The van der Waals surface area contributed by atoms with Crippen molar-refractivity contribution in [1.82, 2.24) is 15.8 Å². The van der Waals surface area contributed by atoms with Crippen molar-refractivity contribution in [3.05, 3.63) is 35.4 Å². The largest absolute Gasteiger partial charge is 0.337 e. The summed E-state index contributed by atoms with van der Waals surface area (Å²) in [5.74, 6) is 0.690. The Morgan fingerprint density at radius 2 is 2.00 bits per heavy atom. The molecule has 0 unspecified atom stereocenters. The number of nitrogens with zero attached hydrogens (tertiary/aromatic N) is 2. The third kappa shape index (κ3) is 6.19. The minimum absolute atomic E-state index is 0.234. The number of carbonyl (C=O) groups is 2. The van der Waals surface area contributed by atoms with Crippen LogP contribution in [-0.4, -0.2) is 36.3 Å². The predicted octanol–water partition coefficient (Wildman–Crippen LogP) is 1.48. The van der Waals surface area contributed by atoms with Gasteiger partial charge >= 0.3 is 6.03 Å². The highest BCUT2D eigenvalue weighted by Gasteiger charge is 2.10. The molecule has 21 heavy (non-hydrogen) atoms. The zero-order chi connectivity index (χ0) is 15.7. The number of hydrogen-bond donors (Lipinski definition) is 2. The van der Waals surface area contributed by atoms with Crippen molar-refractivity contribution in [3.8, 4) is 6.07 Å². The van der Waals surface area contributed by atoms with E-state index in [2.05, 4.69) is 16.8 Å². The summed E-state index contributed by atoms with van der Waals surface area (Å²) >= 11 is 1.44. The normalized spacial score (nSPS) is 9.57. The molecule has 0 aromatic heterocycles. The highest BCUT2D eigenvalue weighted by molar-refractivity contribution is 7.99. The lowest BCUT2D eigenvalue weighted by atomic mass is 10.2. The Morgan fingerprint density at radius 3 is 2.57 bits per heavy atom. The molecule has 0 aliphatic heterocycles. The van der Waals surface area contributed by atoms with Gasteiger partial charge in [0, 0.05) is 19.3 Å². The molecule has 0 spiro atoms. The van der Waals surface area contributed by atoms with E-state index < -0.39 is 0 Å². The minimum atomic E-state index is -0.344. The number of hydrogen-bond acceptors (Lipinski definition) is 4. The first kappa shape index (κ1) is 16.9. The first-order chi connectivity index (χ1) is 10.1. The van der Waals surface area contributed by atoms with Crippen LogP contribution in [0.25, 0.3) is 0 Å². The van der Waals surface area contributed by atoms with Crippen molar-refractivity contribution in [2.45, 2.75) is 12.7 Å². The smallest absolute Gasteiger partial charge is 0.335 e. The monoisotopic (exact) mass is 306 g/mol. The van der Waals surface area contributed by atoms with Crippen LogP contribution < -0.4 is 10.7 Å². The van der Waals surface area contributed by atoms with Gasteiger partial charge in [-0.3, -0.25) is 10.2 Å². The third-order valence-corrected chi connectivity index (χ3v) is 3.51. The van der Waals surface area contributed by atoms with Gasteiger partial charge in [-0.15, -0.1) is 11.8 Å². The Bertz CT molecular complexity index is 525. The number of hydrazine groups is 1. The maximum atomic E-state index is 11.7. The summed E-state index contributed by atoms with van der Waals surface area (Å²) in [6.45, 7) is 2.31. The van der Waals surface area contributed by atoms with Gasteiger partial charge < -0.3 is 5.32 Å². The first-order valence-electron chi connectivity index (χ1n) is 6.44. The van der Waals surface area contributed by atoms with Gasteiger partial charge in [0.2, 0.25) is 5.91 Å². The lowest BCUT2D eigenvalue weighted by Crippen LogP contribution is -2.48. The van der Waals surface area contributed by atoms with Gasteiger partial charge in [0.15, 0.2) is 0 Å². The second-order valence-electron chi connectivity index (χ2n) is 4.23. The van der Waals surface area contributed by atoms with Crippen LogP contribution in [0.5, 0.6) is 0 Å². The van der Waals surface area contributed by atoms with Gasteiger partial charge in [0.05, 0.1) is 17.4 Å². The SMILES string of the molecule is CCNC(=O)N(C)NC(=O)CSCc1ccc(C#N)cc1. The maximum absolute atomic E-state index is 11.7. The molecule has 0 saturated heterocycles. The maximum Gasteiger partial charge on any atom is 0.335 e. The Morgan fingerprint density at radius 1 is 1.33 bits per heavy atom. The lowest BCUT2D eigenvalue weighted by molar-refractivity contribution is -0.121. The van der Waals surface area contributed by atoms with E-state index in [1.807, 2.05) is 12.1 Å². The van der Waals surface area contributed by atoms with Gasteiger partial charge in [-0.05, 0) is 24.6 Å². The molecule has 1 aromatic rings. The number of nitriles is 1. The quantitative estimate of drug-likeness (QED) is 0.807. The van der Waals surface area contributed by atoms with E-state index in [1.165, 1.54) is 18.8 Å². The Labute approximate surface area is 128 Å². The zero-order valence-electron chi connectivity index (χ0n) is 12.0. The third-order valence-electron chi connectivity index (χ3n) is 2.51. The number of thioether (sulfide) groups is 1. The number of nitrogens with one attached hydrogen (secondary N) is 2. The molecule has 1 aromatic carbocycles. The average molecular weight is 306 g/mol. The van der Waals surface area contributed by atoms with E-state index in [4.69, 9.17) is 5.26 Å². The van der Waals surface area contributed by atoms with Gasteiger partial charge in [-0.1, -0.05) is 12.1 Å². The van der Waals surface area contributed by atoms with Gasteiger partial charge in [-0.25, -0.2) is 9.80 Å². The molecule has 6 nitrogen and oxygen atoms in total. The summed E-state index contributed by atoms with van der Waals surface area (Å²) in [5, 5.41) is 12.4. The standard InChI is InChI=1S/C14H18N4O2S/c1-3-16-14(20)18(2)17-13(19)10-21-9-12-6-4-11(8-15)5-7-12/h4-7H,3,9-10H2,1-2H3,(H,16,20)(H,17,19). The van der Waals surface area contributed by atoms with E-state index in [9.17, 15) is 9.59 Å². The molecule has 112 valence electrons. The van der Waals surface area contributed by atoms with Crippen molar-refractivity contribution in [3.63, 3.8) is 0 Å². The van der Waals surface area contributed by atoms with Crippen molar-refractivity contribution in [1.29, 1.82) is 5.26 Å². The van der Waals surface area contributed by atoms with Crippen molar-refractivity contribution in [2.75, 3.05) is 19.3 Å². The van der Waals surface area contributed by atoms with Crippen LogP contribution in [0, 0.1) is 11.3 Å². The van der Waals surface area contributed by atoms with E-state index in [0.29, 0.717) is 17.9 Å². The van der Waals surface area contributed by atoms with Crippen LogP contribution in [0.15, 0.2) is 24.3 Å². The molecule has 0 aliphatic rings. The van der Waals surface area contributed by atoms with Crippen molar-refractivity contribution in [2.24, 2.45) is 0 Å². The zero-order valence-corrected chi connectivity index (χ0v) is 12.9. The van der Waals surface area contributed by atoms with Crippen molar-refractivity contribution >= 4 is 23.7 Å². The summed E-state index contributed by atoms with van der Waals surface area (Å²) in [5.41, 5.74) is 4.15. The van der Waals surface area contributed by atoms with Crippen LogP contribution in [0.1, 0.15) is 18.1 Å². The van der Waals surface area contributed by atoms with E-state index in [0.717, 1.165) is 10.6 Å². The molecule has 0 heterocycles. The van der Waals surface area contributed by atoms with Crippen LogP contribution in [0.3, 0.4) is 0 Å². The number of carbonyl (C=O) groups excluding carboxylic acids is 2. The summed E-state index contributed by atoms with van der Waals surface area (Å²) in [6.07, 6.45) is 0. The summed E-state index contributed by atoms with van der Waals surface area (Å²) in [4.78, 5) is 23.1. The van der Waals surface area contributed by atoms with Crippen LogP contribution in [0.4, 0.5) is 4.79 Å². The highest BCUT2D eigenvalue weighted by Crippen LogP contribution is 2.12. The molecular weight excluding hydrogens is 288 g/mol. The van der Waals surface area contributed by atoms with Gasteiger partial charge in [0.25, 0.3) is 0 Å². The fourth-order valence-electron chi connectivity index (χ4n) is 1.48. The topological polar surface area (TPSA) is 85.2 Å². The molecular formula is C14H18N4O2S. The summed E-state index contributed by atoms with van der Waals surface area (Å²) in [7, 11) is 1.49. The Kier molecular flexibility index (Phi) is 7.12. The second-order valence-corrected chi connectivity index (χ2v) is 5.22. The second kappa shape index (κ2) is 8.87. The molecule has 0 fully saturated rings. The van der Waals surface area contributed by atoms with E-state index >= 15 is 0 Å². The molecule has 7 heteroatoms. The lowest BCUT2D eigenvalue weighted by Gasteiger charge is -2.18. The molecule has 0 atom stereocenters. The van der Waals surface area contributed by atoms with Crippen LogP contribution >= 0.6 is 11.8 Å². The van der Waals surface area contributed by atoms with Crippen LogP contribution in [0.2, 0.25) is 0 Å². The van der Waals surface area contributed by atoms with E-state index in [-0.39, 0.29) is 17.7 Å². The fraction of sp³-hybridized carbons (Fsp3) is 0.357. The highest BCUT2D eigenvalue weighted by atomic mass is 32.2. The Balaban J connectivity index is 2.30. The first-order valence-corrected chi connectivity index (χ1v) is 7.60. The number of rotatable bonds is 5. The molecule has 0 radical (unpaired) electrons. The summed E-state index contributed by atoms with van der Waals surface area (Å²) in [6, 6.07) is 8.94. The van der Waals surface area contributed by atoms with E-state index in [1.54, 1.807) is 19.1 Å². The Hall–Kier alpha value is -2.20. The average Bonchev–Trinajstić information content (AvgIpc) is 2.48. The number of benzene rings is 1. The molecule has 0 aliphatic carbocycles. The van der Waals surface area contributed by atoms with Crippen molar-refractivity contribution < 1.29 is 9.59 Å². The van der Waals surface area contributed by atoms with Gasteiger partial charge in [-0.2, -0.15) is 5.26 Å². The summed E-state index contributed by atoms with van der Waals surface area (Å²) < 4.78 is 0. The molecule has 0 saturated carbocycles. The van der Waals surface area contributed by atoms with Crippen LogP contribution in [-0.2, 0) is 10.5 Å². The van der Waals surface area contributed by atoms with Gasteiger partial charge in [0.1, 0.15) is 0 Å². The molecule has 2 N–H and O–H groups in total. The number of urea groups is 1. The number of amides is 3. The predicted molar refractivity (Wildman–Crippen MR) is 82.3 cm³/mol. The molecule has 0 bridgehead atoms. The minimum Gasteiger partial charge on any atom is -0.337 e. The fourth-order valence-corrected chi connectivity index (χ4v) is 2.26.